The van der Waals surface area contributed by atoms with E-state index < -0.39 is 0 Å². The van der Waals surface area contributed by atoms with E-state index in [0.29, 0.717) is 11.1 Å². The Kier molecular flexibility index (Phi) is 6.07. The molecule has 21 heavy (non-hydrogen) atoms. The predicted molar refractivity (Wildman–Crippen MR) is 84.4 cm³/mol. The van der Waals surface area contributed by atoms with Crippen molar-refractivity contribution in [3.63, 3.8) is 0 Å². The van der Waals surface area contributed by atoms with Gasteiger partial charge in [0, 0.05) is 18.0 Å². The quantitative estimate of drug-likeness (QED) is 0.538. The molecule has 110 valence electrons. The molecule has 2 rings (SSSR count). The van der Waals surface area contributed by atoms with Crippen molar-refractivity contribution in [1.82, 2.24) is 9.97 Å². The maximum Gasteiger partial charge on any atom is 0.196 e. The number of carbonyl (C=O) groups excluding carboxylic acids is 1. The monoisotopic (exact) mass is 282 g/mol. The zero-order chi connectivity index (χ0) is 14.9. The van der Waals surface area contributed by atoms with Crippen LogP contribution in [0.15, 0.2) is 43.0 Å². The SMILES string of the molecule is CCCCCCCc1ccc(C(=O)c2cncnc2)cc1. The number of unbranched alkanes of at least 4 members (excludes halogenated alkanes) is 4. The zero-order valence-electron chi connectivity index (χ0n) is 12.6. The molecule has 0 radical (unpaired) electrons. The smallest absolute Gasteiger partial charge is 0.196 e. The van der Waals surface area contributed by atoms with Crippen molar-refractivity contribution < 1.29 is 4.79 Å². The Balaban J connectivity index is 1.88. The number of ketones is 1. The molecule has 0 bridgehead atoms. The third kappa shape index (κ3) is 4.78. The molecule has 0 aliphatic heterocycles. The van der Waals surface area contributed by atoms with Gasteiger partial charge in [-0.3, -0.25) is 4.79 Å². The second-order valence-electron chi connectivity index (χ2n) is 5.32. The minimum atomic E-state index is -0.0231. The molecular formula is C18H22N2O. The normalized spacial score (nSPS) is 10.5. The van der Waals surface area contributed by atoms with Crippen molar-refractivity contribution in [2.24, 2.45) is 0 Å². The fraction of sp³-hybridized carbons (Fsp3) is 0.389. The van der Waals surface area contributed by atoms with Gasteiger partial charge in [0.1, 0.15) is 6.33 Å². The summed E-state index contributed by atoms with van der Waals surface area (Å²) in [5.41, 5.74) is 2.52. The predicted octanol–water partition coefficient (Wildman–Crippen LogP) is 4.22. The summed E-state index contributed by atoms with van der Waals surface area (Å²) >= 11 is 0. The van der Waals surface area contributed by atoms with Gasteiger partial charge in [0.2, 0.25) is 0 Å². The van der Waals surface area contributed by atoms with E-state index in [2.05, 4.69) is 29.0 Å². The van der Waals surface area contributed by atoms with Gasteiger partial charge in [-0.2, -0.15) is 0 Å². The van der Waals surface area contributed by atoms with Gasteiger partial charge in [-0.05, 0) is 18.4 Å². The molecule has 0 aliphatic rings. The molecule has 0 saturated carbocycles. The first kappa shape index (κ1) is 15.4. The second kappa shape index (κ2) is 8.30. The first-order chi connectivity index (χ1) is 10.3. The highest BCUT2D eigenvalue weighted by atomic mass is 16.1. The average Bonchev–Trinajstić information content (AvgIpc) is 2.55. The number of hydrogen-bond donors (Lipinski definition) is 0. The van der Waals surface area contributed by atoms with Crippen LogP contribution >= 0.6 is 0 Å². The molecule has 0 spiro atoms. The van der Waals surface area contributed by atoms with Gasteiger partial charge >= 0.3 is 0 Å². The van der Waals surface area contributed by atoms with Crippen LogP contribution in [0, 0.1) is 0 Å². The summed E-state index contributed by atoms with van der Waals surface area (Å²) in [6.07, 6.45) is 12.1. The van der Waals surface area contributed by atoms with E-state index in [1.165, 1.54) is 44.0 Å². The first-order valence-electron chi connectivity index (χ1n) is 7.70. The van der Waals surface area contributed by atoms with Crippen LogP contribution in [0.2, 0.25) is 0 Å². The Hall–Kier alpha value is -2.03. The molecule has 0 aliphatic carbocycles. The number of aromatic nitrogens is 2. The van der Waals surface area contributed by atoms with E-state index in [1.807, 2.05) is 12.1 Å². The van der Waals surface area contributed by atoms with Crippen LogP contribution < -0.4 is 0 Å². The molecule has 0 atom stereocenters. The molecule has 1 aromatic heterocycles. The van der Waals surface area contributed by atoms with Crippen LogP contribution in [-0.2, 0) is 6.42 Å². The van der Waals surface area contributed by atoms with Crippen LogP contribution in [0.5, 0.6) is 0 Å². The molecule has 3 heteroatoms. The number of hydrogen-bond acceptors (Lipinski definition) is 3. The summed E-state index contributed by atoms with van der Waals surface area (Å²) in [5.74, 6) is -0.0231. The topological polar surface area (TPSA) is 42.9 Å². The lowest BCUT2D eigenvalue weighted by atomic mass is 10.0. The van der Waals surface area contributed by atoms with Crippen molar-refractivity contribution in [2.75, 3.05) is 0 Å². The fourth-order valence-electron chi connectivity index (χ4n) is 2.34. The highest BCUT2D eigenvalue weighted by Gasteiger charge is 2.09. The summed E-state index contributed by atoms with van der Waals surface area (Å²) in [4.78, 5) is 20.0. The van der Waals surface area contributed by atoms with Crippen molar-refractivity contribution >= 4 is 5.78 Å². The Morgan fingerprint density at radius 1 is 0.905 bits per heavy atom. The molecular weight excluding hydrogens is 260 g/mol. The Morgan fingerprint density at radius 3 is 2.24 bits per heavy atom. The van der Waals surface area contributed by atoms with Gasteiger partial charge in [-0.25, -0.2) is 9.97 Å². The molecule has 1 aromatic carbocycles. The number of rotatable bonds is 8. The Bertz CT molecular complexity index is 549. The van der Waals surface area contributed by atoms with Crippen molar-refractivity contribution in [3.8, 4) is 0 Å². The van der Waals surface area contributed by atoms with E-state index in [0.717, 1.165) is 6.42 Å². The molecule has 0 fully saturated rings. The third-order valence-corrected chi connectivity index (χ3v) is 3.61. The molecule has 1 heterocycles. The molecule has 0 saturated heterocycles. The number of nitrogens with zero attached hydrogens (tertiary/aromatic N) is 2. The highest BCUT2D eigenvalue weighted by molar-refractivity contribution is 6.08. The van der Waals surface area contributed by atoms with Gasteiger partial charge in [0.15, 0.2) is 5.78 Å². The van der Waals surface area contributed by atoms with Crippen molar-refractivity contribution in [1.29, 1.82) is 0 Å². The van der Waals surface area contributed by atoms with Gasteiger partial charge in [0.25, 0.3) is 0 Å². The number of aryl methyl sites for hydroxylation is 1. The largest absolute Gasteiger partial charge is 0.288 e. The Morgan fingerprint density at radius 2 is 1.57 bits per heavy atom. The van der Waals surface area contributed by atoms with E-state index >= 15 is 0 Å². The third-order valence-electron chi connectivity index (χ3n) is 3.61. The van der Waals surface area contributed by atoms with E-state index in [9.17, 15) is 4.79 Å². The summed E-state index contributed by atoms with van der Waals surface area (Å²) < 4.78 is 0. The van der Waals surface area contributed by atoms with Crippen LogP contribution in [0.4, 0.5) is 0 Å². The minimum absolute atomic E-state index is 0.0231. The van der Waals surface area contributed by atoms with Crippen LogP contribution in [-0.4, -0.2) is 15.8 Å². The lowest BCUT2D eigenvalue weighted by molar-refractivity contribution is 0.103. The lowest BCUT2D eigenvalue weighted by Gasteiger charge is -2.04. The summed E-state index contributed by atoms with van der Waals surface area (Å²) in [7, 11) is 0. The summed E-state index contributed by atoms with van der Waals surface area (Å²) in [6.45, 7) is 2.23. The molecule has 0 unspecified atom stereocenters. The highest BCUT2D eigenvalue weighted by Crippen LogP contribution is 2.13. The van der Waals surface area contributed by atoms with Gasteiger partial charge in [-0.1, -0.05) is 56.9 Å². The maximum atomic E-state index is 12.2. The van der Waals surface area contributed by atoms with E-state index in [4.69, 9.17) is 0 Å². The molecule has 0 amide bonds. The van der Waals surface area contributed by atoms with Gasteiger partial charge < -0.3 is 0 Å². The van der Waals surface area contributed by atoms with Gasteiger partial charge in [-0.15, -0.1) is 0 Å². The molecule has 3 nitrogen and oxygen atoms in total. The molecule has 2 aromatic rings. The Labute approximate surface area is 126 Å². The summed E-state index contributed by atoms with van der Waals surface area (Å²) in [5, 5.41) is 0. The first-order valence-corrected chi connectivity index (χ1v) is 7.70. The zero-order valence-corrected chi connectivity index (χ0v) is 12.6. The summed E-state index contributed by atoms with van der Waals surface area (Å²) in [6, 6.07) is 7.90. The average molecular weight is 282 g/mol. The second-order valence-corrected chi connectivity index (χ2v) is 5.32. The lowest BCUT2D eigenvalue weighted by Crippen LogP contribution is -2.02. The maximum absolute atomic E-state index is 12.2. The van der Waals surface area contributed by atoms with Crippen molar-refractivity contribution in [2.45, 2.75) is 45.4 Å². The van der Waals surface area contributed by atoms with Crippen LogP contribution in [0.3, 0.4) is 0 Å². The van der Waals surface area contributed by atoms with E-state index in [1.54, 1.807) is 12.4 Å². The number of benzene rings is 1. The minimum Gasteiger partial charge on any atom is -0.288 e. The fourth-order valence-corrected chi connectivity index (χ4v) is 2.34. The van der Waals surface area contributed by atoms with Crippen LogP contribution in [0.1, 0.15) is 60.5 Å². The number of carbonyl (C=O) groups is 1. The molecule has 0 N–H and O–H groups in total. The van der Waals surface area contributed by atoms with Crippen molar-refractivity contribution in [3.05, 3.63) is 59.7 Å². The van der Waals surface area contributed by atoms with E-state index in [-0.39, 0.29) is 5.78 Å². The van der Waals surface area contributed by atoms with Gasteiger partial charge in [0.05, 0.1) is 5.56 Å². The standard InChI is InChI=1S/C18H22N2O/c1-2-3-4-5-6-7-15-8-10-16(11-9-15)18(21)17-12-19-14-20-13-17/h8-14H,2-7H2,1H3. The van der Waals surface area contributed by atoms with Crippen LogP contribution in [0.25, 0.3) is 0 Å².